The summed E-state index contributed by atoms with van der Waals surface area (Å²) in [7, 11) is -1.09. The summed E-state index contributed by atoms with van der Waals surface area (Å²) >= 11 is 5.33. The summed E-state index contributed by atoms with van der Waals surface area (Å²) in [4.78, 5) is 17.8. The average Bonchev–Trinajstić information content (AvgIpc) is 3.08. The SMILES string of the molecule is [C-]#[N+]CCOP(C)O[C@]12CCC(C)[C@H]1O[C@@H](n1cc(C)c(=O)[nH]c1=S)C2. The van der Waals surface area contributed by atoms with E-state index in [1.165, 1.54) is 0 Å². The minimum absolute atomic E-state index is 0.0314. The lowest BCUT2D eigenvalue weighted by molar-refractivity contribution is -0.0492. The van der Waals surface area contributed by atoms with Gasteiger partial charge in [-0.3, -0.25) is 14.3 Å². The molecular weight excluding hydrogens is 373 g/mol. The molecule has 1 N–H and O–H groups in total. The molecule has 0 bridgehead atoms. The lowest BCUT2D eigenvalue weighted by Gasteiger charge is -2.31. The standard InChI is InChI=1S/C17H24N3O4PS/c1-11-5-6-17(24-25(4)22-8-7-18-3)9-13(23-14(11)17)20-10-12(2)15(21)19-16(20)26/h10-11,13-14H,5-9H2,1-2,4H3,(H,19,21,26)/t11?,13-,14-,17+,25?/m1/s1. The van der Waals surface area contributed by atoms with Gasteiger partial charge < -0.3 is 18.6 Å². The van der Waals surface area contributed by atoms with Crippen LogP contribution in [0.15, 0.2) is 11.0 Å². The van der Waals surface area contributed by atoms with Crippen molar-refractivity contribution in [3.8, 4) is 0 Å². The van der Waals surface area contributed by atoms with Gasteiger partial charge in [-0.25, -0.2) is 6.57 Å². The number of H-pyrrole nitrogens is 1. The maximum atomic E-state index is 11.8. The highest BCUT2D eigenvalue weighted by atomic mass is 32.1. The molecule has 1 aromatic rings. The van der Waals surface area contributed by atoms with E-state index in [0.717, 1.165) is 12.8 Å². The maximum Gasteiger partial charge on any atom is 0.254 e. The van der Waals surface area contributed by atoms with Crippen molar-refractivity contribution in [1.82, 2.24) is 9.55 Å². The number of aromatic nitrogens is 2. The third-order valence-electron chi connectivity index (χ3n) is 5.12. The Hall–Kier alpha value is -1.10. The van der Waals surface area contributed by atoms with Crippen LogP contribution in [0.3, 0.4) is 0 Å². The van der Waals surface area contributed by atoms with Crippen LogP contribution in [0, 0.1) is 24.2 Å². The fourth-order valence-electron chi connectivity index (χ4n) is 3.87. The van der Waals surface area contributed by atoms with Gasteiger partial charge in [0.05, 0.1) is 6.10 Å². The quantitative estimate of drug-likeness (QED) is 0.344. The molecule has 26 heavy (non-hydrogen) atoms. The molecular formula is C17H24N3O4PS. The van der Waals surface area contributed by atoms with Crippen LogP contribution in [0.4, 0.5) is 0 Å². The topological polar surface area (TPSA) is 69.8 Å². The summed E-state index contributed by atoms with van der Waals surface area (Å²) in [5, 5.41) is 0. The van der Waals surface area contributed by atoms with Gasteiger partial charge in [0.2, 0.25) is 6.54 Å². The highest BCUT2D eigenvalue weighted by Gasteiger charge is 2.57. The van der Waals surface area contributed by atoms with Gasteiger partial charge >= 0.3 is 0 Å². The lowest BCUT2D eigenvalue weighted by Crippen LogP contribution is -2.37. The normalized spacial score (nSPS) is 31.5. The average molecular weight is 397 g/mol. The molecule has 0 amide bonds. The van der Waals surface area contributed by atoms with Gasteiger partial charge in [-0.2, -0.15) is 0 Å². The number of hydrogen-bond donors (Lipinski definition) is 1. The molecule has 2 aliphatic rings. The number of aryl methyl sites for hydroxylation is 1. The number of hydrogen-bond acceptors (Lipinski definition) is 5. The number of fused-ring (bicyclic) bond motifs is 1. The molecule has 7 nitrogen and oxygen atoms in total. The molecule has 9 heteroatoms. The number of nitrogens with zero attached hydrogens (tertiary/aromatic N) is 2. The van der Waals surface area contributed by atoms with E-state index in [9.17, 15) is 4.79 Å². The summed E-state index contributed by atoms with van der Waals surface area (Å²) in [6.45, 7) is 13.4. The van der Waals surface area contributed by atoms with Crippen molar-refractivity contribution in [2.24, 2.45) is 5.92 Å². The first-order chi connectivity index (χ1) is 12.4. The summed E-state index contributed by atoms with van der Waals surface area (Å²) < 4.78 is 20.6. The van der Waals surface area contributed by atoms with Crippen LogP contribution in [0.1, 0.15) is 38.0 Å². The molecule has 2 heterocycles. The molecule has 142 valence electrons. The van der Waals surface area contributed by atoms with Crippen molar-refractivity contribution in [3.63, 3.8) is 0 Å². The molecule has 1 saturated carbocycles. The van der Waals surface area contributed by atoms with E-state index in [2.05, 4.69) is 16.8 Å². The fourth-order valence-corrected chi connectivity index (χ4v) is 5.31. The third kappa shape index (κ3) is 3.78. The second-order valence-electron chi connectivity index (χ2n) is 7.02. The van der Waals surface area contributed by atoms with Gasteiger partial charge in [-0.15, -0.1) is 0 Å². The minimum atomic E-state index is -1.09. The minimum Gasteiger partial charge on any atom is -0.351 e. The molecule has 3 rings (SSSR count). The van der Waals surface area contributed by atoms with E-state index in [1.807, 2.05) is 11.2 Å². The molecule has 1 aliphatic carbocycles. The molecule has 1 aliphatic heterocycles. The summed E-state index contributed by atoms with van der Waals surface area (Å²) in [6, 6.07) is 0. The second-order valence-corrected chi connectivity index (χ2v) is 8.73. The summed E-state index contributed by atoms with van der Waals surface area (Å²) in [5.41, 5.74) is 0.0260. The Morgan fingerprint density at radius 1 is 1.62 bits per heavy atom. The van der Waals surface area contributed by atoms with Crippen LogP contribution in [-0.4, -0.2) is 41.1 Å². The van der Waals surface area contributed by atoms with Crippen molar-refractivity contribution in [2.75, 3.05) is 19.8 Å². The molecule has 1 saturated heterocycles. The molecule has 2 unspecified atom stereocenters. The Bertz CT molecular complexity index is 819. The van der Waals surface area contributed by atoms with Crippen molar-refractivity contribution in [3.05, 3.63) is 38.3 Å². The first kappa shape index (κ1) is 19.7. The van der Waals surface area contributed by atoms with Crippen LogP contribution >= 0.6 is 20.6 Å². The van der Waals surface area contributed by atoms with Crippen LogP contribution in [0.5, 0.6) is 0 Å². The Kier molecular flexibility index (Phi) is 5.95. The highest BCUT2D eigenvalue weighted by Crippen LogP contribution is 2.56. The largest absolute Gasteiger partial charge is 0.351 e. The first-order valence-corrected chi connectivity index (χ1v) is 10.8. The Balaban J connectivity index is 1.80. The number of ether oxygens (including phenoxy) is 1. The van der Waals surface area contributed by atoms with E-state index in [-0.39, 0.29) is 17.9 Å². The molecule has 1 aromatic heterocycles. The zero-order valence-corrected chi connectivity index (χ0v) is 16.9. The van der Waals surface area contributed by atoms with Gasteiger partial charge in [0.1, 0.15) is 18.4 Å². The van der Waals surface area contributed by atoms with Gasteiger partial charge in [-0.05, 0) is 37.9 Å². The van der Waals surface area contributed by atoms with Crippen LogP contribution in [0.2, 0.25) is 0 Å². The van der Waals surface area contributed by atoms with Crippen molar-refractivity contribution in [2.45, 2.75) is 51.0 Å². The van der Waals surface area contributed by atoms with E-state index < -0.39 is 14.0 Å². The van der Waals surface area contributed by atoms with Crippen molar-refractivity contribution in [1.29, 1.82) is 0 Å². The van der Waals surface area contributed by atoms with Crippen LogP contribution < -0.4 is 5.56 Å². The second kappa shape index (κ2) is 7.87. The number of aromatic amines is 1. The molecule has 0 spiro atoms. The van der Waals surface area contributed by atoms with Gasteiger partial charge in [0.15, 0.2) is 13.1 Å². The Morgan fingerprint density at radius 3 is 3.12 bits per heavy atom. The van der Waals surface area contributed by atoms with Gasteiger partial charge in [-0.1, -0.05) is 6.92 Å². The molecule has 5 atom stereocenters. The van der Waals surface area contributed by atoms with E-state index in [0.29, 0.717) is 35.8 Å². The highest BCUT2D eigenvalue weighted by molar-refractivity contribution is 7.71. The van der Waals surface area contributed by atoms with Crippen LogP contribution in [-0.2, 0) is 13.8 Å². The number of nitrogens with one attached hydrogen (secondary N) is 1. The molecule has 0 radical (unpaired) electrons. The van der Waals surface area contributed by atoms with Crippen molar-refractivity contribution < 1.29 is 13.8 Å². The Labute approximate surface area is 159 Å². The fraction of sp³-hybridized carbons (Fsp3) is 0.706. The summed E-state index contributed by atoms with van der Waals surface area (Å²) in [6.07, 6.45) is 4.07. The molecule has 2 fully saturated rings. The van der Waals surface area contributed by atoms with Gasteiger partial charge in [0.25, 0.3) is 5.56 Å². The zero-order chi connectivity index (χ0) is 18.9. The smallest absolute Gasteiger partial charge is 0.254 e. The van der Waals surface area contributed by atoms with Crippen LogP contribution in [0.25, 0.3) is 4.85 Å². The maximum absolute atomic E-state index is 11.8. The molecule has 0 aromatic carbocycles. The predicted molar refractivity (Wildman–Crippen MR) is 102 cm³/mol. The zero-order valence-electron chi connectivity index (χ0n) is 15.2. The first-order valence-electron chi connectivity index (χ1n) is 8.73. The Morgan fingerprint density at radius 2 is 2.38 bits per heavy atom. The number of rotatable bonds is 6. The monoisotopic (exact) mass is 397 g/mol. The van der Waals surface area contributed by atoms with Crippen molar-refractivity contribution >= 4 is 20.6 Å². The third-order valence-corrected chi connectivity index (χ3v) is 6.60. The van der Waals surface area contributed by atoms with E-state index in [1.54, 1.807) is 13.1 Å². The van der Waals surface area contributed by atoms with E-state index in [4.69, 9.17) is 32.6 Å². The van der Waals surface area contributed by atoms with E-state index >= 15 is 0 Å². The lowest BCUT2D eigenvalue weighted by atomic mass is 9.96. The predicted octanol–water partition coefficient (Wildman–Crippen LogP) is 3.56. The summed E-state index contributed by atoms with van der Waals surface area (Å²) in [5.74, 6) is 0.379. The van der Waals surface area contributed by atoms with Gasteiger partial charge in [0, 0.05) is 24.8 Å².